The predicted molar refractivity (Wildman–Crippen MR) is 62.6 cm³/mol. The first-order valence-electron chi connectivity index (χ1n) is 5.01. The van der Waals surface area contributed by atoms with Gasteiger partial charge in [-0.1, -0.05) is 6.07 Å². The normalized spacial score (nSPS) is 20.3. The molecule has 1 aromatic carbocycles. The van der Waals surface area contributed by atoms with Gasteiger partial charge in [-0.15, -0.1) is 0 Å². The summed E-state index contributed by atoms with van der Waals surface area (Å²) >= 11 is 3.44. The van der Waals surface area contributed by atoms with Gasteiger partial charge in [0.2, 0.25) is 0 Å². The van der Waals surface area contributed by atoms with Gasteiger partial charge in [-0.25, -0.2) is 0 Å². The second-order valence-electron chi connectivity index (χ2n) is 3.50. The Kier molecular flexibility index (Phi) is 3.49. The molecule has 1 N–H and O–H groups in total. The van der Waals surface area contributed by atoms with Crippen LogP contribution in [0.15, 0.2) is 22.7 Å². The van der Waals surface area contributed by atoms with Crippen molar-refractivity contribution >= 4 is 15.9 Å². The molecule has 1 fully saturated rings. The fourth-order valence-corrected chi connectivity index (χ4v) is 2.20. The molecule has 1 aliphatic rings. The predicted octanol–water partition coefficient (Wildman–Crippen LogP) is 2.20. The molecule has 1 unspecified atom stereocenters. The van der Waals surface area contributed by atoms with Crippen LogP contribution in [0.4, 0.5) is 0 Å². The zero-order chi connectivity index (χ0) is 10.7. The van der Waals surface area contributed by atoms with Gasteiger partial charge in [0.05, 0.1) is 11.6 Å². The molecule has 0 aliphatic carbocycles. The van der Waals surface area contributed by atoms with Crippen molar-refractivity contribution in [3.05, 3.63) is 22.7 Å². The third-order valence-electron chi connectivity index (χ3n) is 2.44. The van der Waals surface area contributed by atoms with Crippen molar-refractivity contribution in [2.24, 2.45) is 0 Å². The van der Waals surface area contributed by atoms with Gasteiger partial charge in [0.25, 0.3) is 0 Å². The van der Waals surface area contributed by atoms with Crippen LogP contribution >= 0.6 is 15.9 Å². The lowest BCUT2D eigenvalue weighted by Crippen LogP contribution is -2.19. The van der Waals surface area contributed by atoms with Crippen LogP contribution in [0.3, 0.4) is 0 Å². The molecule has 1 aliphatic heterocycles. The highest BCUT2D eigenvalue weighted by Crippen LogP contribution is 2.35. The standard InChI is InChI=1S/C11H14BrNO2/c1-14-11-9(12)3-2-4-10(11)15-8-5-6-13-7-8/h2-4,8,13H,5-7H2,1H3. The fraction of sp³-hybridized carbons (Fsp3) is 0.455. The quantitative estimate of drug-likeness (QED) is 0.915. The van der Waals surface area contributed by atoms with Crippen molar-refractivity contribution in [2.75, 3.05) is 20.2 Å². The number of hydrogen-bond acceptors (Lipinski definition) is 3. The van der Waals surface area contributed by atoms with E-state index in [4.69, 9.17) is 9.47 Å². The minimum atomic E-state index is 0.258. The SMILES string of the molecule is COc1c(Br)cccc1OC1CCNC1. The second-order valence-corrected chi connectivity index (χ2v) is 4.36. The molecule has 4 heteroatoms. The molecule has 1 heterocycles. The third kappa shape index (κ3) is 2.44. The smallest absolute Gasteiger partial charge is 0.174 e. The number of nitrogens with one attached hydrogen (secondary N) is 1. The second kappa shape index (κ2) is 4.86. The Morgan fingerprint density at radius 3 is 3.00 bits per heavy atom. The van der Waals surface area contributed by atoms with Gasteiger partial charge in [0.15, 0.2) is 11.5 Å². The zero-order valence-electron chi connectivity index (χ0n) is 8.63. The van der Waals surface area contributed by atoms with Crippen molar-refractivity contribution in [3.63, 3.8) is 0 Å². The van der Waals surface area contributed by atoms with E-state index in [2.05, 4.69) is 21.2 Å². The van der Waals surface area contributed by atoms with Crippen molar-refractivity contribution in [1.29, 1.82) is 0 Å². The molecule has 2 rings (SSSR count). The molecule has 1 saturated heterocycles. The molecule has 0 saturated carbocycles. The van der Waals surface area contributed by atoms with E-state index < -0.39 is 0 Å². The Labute approximate surface area is 97.9 Å². The maximum Gasteiger partial charge on any atom is 0.174 e. The monoisotopic (exact) mass is 271 g/mol. The van der Waals surface area contributed by atoms with Gasteiger partial charge >= 0.3 is 0 Å². The lowest BCUT2D eigenvalue weighted by molar-refractivity contribution is 0.212. The van der Waals surface area contributed by atoms with Crippen LogP contribution in [0.2, 0.25) is 0 Å². The van der Waals surface area contributed by atoms with Gasteiger partial charge in [0, 0.05) is 6.54 Å². The number of halogens is 1. The summed E-state index contributed by atoms with van der Waals surface area (Å²) in [5, 5.41) is 3.27. The molecule has 1 aromatic rings. The molecular formula is C11H14BrNO2. The summed E-state index contributed by atoms with van der Waals surface area (Å²) in [4.78, 5) is 0. The van der Waals surface area contributed by atoms with Crippen LogP contribution in [0, 0.1) is 0 Å². The van der Waals surface area contributed by atoms with E-state index in [1.54, 1.807) is 7.11 Å². The van der Waals surface area contributed by atoms with Crippen LogP contribution in [0.1, 0.15) is 6.42 Å². The number of rotatable bonds is 3. The molecule has 0 spiro atoms. The van der Waals surface area contributed by atoms with E-state index >= 15 is 0 Å². The summed E-state index contributed by atoms with van der Waals surface area (Å²) in [7, 11) is 1.65. The topological polar surface area (TPSA) is 30.5 Å². The molecule has 82 valence electrons. The summed E-state index contributed by atoms with van der Waals surface area (Å²) in [6.07, 6.45) is 1.31. The molecule has 1 atom stereocenters. The van der Waals surface area contributed by atoms with Crippen LogP contribution in [-0.2, 0) is 0 Å². The summed E-state index contributed by atoms with van der Waals surface area (Å²) in [6, 6.07) is 5.82. The first-order chi connectivity index (χ1) is 7.31. The highest BCUT2D eigenvalue weighted by Gasteiger charge is 2.18. The van der Waals surface area contributed by atoms with E-state index in [1.165, 1.54) is 0 Å². The largest absolute Gasteiger partial charge is 0.492 e. The first kappa shape index (κ1) is 10.8. The van der Waals surface area contributed by atoms with E-state index in [0.29, 0.717) is 0 Å². The molecule has 0 radical (unpaired) electrons. The van der Waals surface area contributed by atoms with Crippen LogP contribution in [-0.4, -0.2) is 26.3 Å². The van der Waals surface area contributed by atoms with Gasteiger partial charge < -0.3 is 14.8 Å². The van der Waals surface area contributed by atoms with Crippen molar-refractivity contribution in [1.82, 2.24) is 5.32 Å². The summed E-state index contributed by atoms with van der Waals surface area (Å²) in [5.41, 5.74) is 0. The minimum absolute atomic E-state index is 0.258. The Hall–Kier alpha value is -0.740. The van der Waals surface area contributed by atoms with Crippen LogP contribution in [0.5, 0.6) is 11.5 Å². The van der Waals surface area contributed by atoms with E-state index in [9.17, 15) is 0 Å². The summed E-state index contributed by atoms with van der Waals surface area (Å²) in [6.45, 7) is 1.94. The first-order valence-corrected chi connectivity index (χ1v) is 5.80. The molecular weight excluding hydrogens is 258 g/mol. The van der Waals surface area contributed by atoms with Gasteiger partial charge in [-0.05, 0) is 41.0 Å². The van der Waals surface area contributed by atoms with Gasteiger partial charge in [0.1, 0.15) is 6.10 Å². The molecule has 3 nitrogen and oxygen atoms in total. The highest BCUT2D eigenvalue weighted by molar-refractivity contribution is 9.10. The zero-order valence-corrected chi connectivity index (χ0v) is 10.2. The van der Waals surface area contributed by atoms with Gasteiger partial charge in [-0.3, -0.25) is 0 Å². The number of hydrogen-bond donors (Lipinski definition) is 1. The van der Waals surface area contributed by atoms with E-state index in [0.717, 1.165) is 35.5 Å². The van der Waals surface area contributed by atoms with E-state index in [1.807, 2.05) is 18.2 Å². The third-order valence-corrected chi connectivity index (χ3v) is 3.07. The Morgan fingerprint density at radius 1 is 1.47 bits per heavy atom. The molecule has 0 bridgehead atoms. The average molecular weight is 272 g/mol. The Morgan fingerprint density at radius 2 is 2.33 bits per heavy atom. The fourth-order valence-electron chi connectivity index (χ4n) is 1.69. The average Bonchev–Trinajstić information content (AvgIpc) is 2.71. The molecule has 0 aromatic heterocycles. The van der Waals surface area contributed by atoms with Gasteiger partial charge in [-0.2, -0.15) is 0 Å². The van der Waals surface area contributed by atoms with Crippen LogP contribution < -0.4 is 14.8 Å². The number of para-hydroxylation sites is 1. The molecule has 0 amide bonds. The lowest BCUT2D eigenvalue weighted by Gasteiger charge is -2.15. The maximum atomic E-state index is 5.86. The van der Waals surface area contributed by atoms with Crippen LogP contribution in [0.25, 0.3) is 0 Å². The molecule has 15 heavy (non-hydrogen) atoms. The van der Waals surface area contributed by atoms with E-state index in [-0.39, 0.29) is 6.10 Å². The Bertz CT molecular complexity index is 337. The number of benzene rings is 1. The highest BCUT2D eigenvalue weighted by atomic mass is 79.9. The summed E-state index contributed by atoms with van der Waals surface area (Å²) < 4.78 is 12.1. The summed E-state index contributed by atoms with van der Waals surface area (Å²) in [5.74, 6) is 1.57. The lowest BCUT2D eigenvalue weighted by atomic mass is 10.3. The Balaban J connectivity index is 2.15. The minimum Gasteiger partial charge on any atom is -0.492 e. The van der Waals surface area contributed by atoms with Crippen molar-refractivity contribution in [3.8, 4) is 11.5 Å². The maximum absolute atomic E-state index is 5.86. The van der Waals surface area contributed by atoms with Crippen molar-refractivity contribution in [2.45, 2.75) is 12.5 Å². The van der Waals surface area contributed by atoms with Crippen molar-refractivity contribution < 1.29 is 9.47 Å². The number of methoxy groups -OCH3 is 1. The number of ether oxygens (including phenoxy) is 2.